The van der Waals surface area contributed by atoms with Gasteiger partial charge in [-0.1, -0.05) is 12.1 Å². The highest BCUT2D eigenvalue weighted by Crippen LogP contribution is 2.26. The highest BCUT2D eigenvalue weighted by Gasteiger charge is 2.35. The van der Waals surface area contributed by atoms with E-state index in [1.54, 1.807) is 24.3 Å². The third-order valence-electron chi connectivity index (χ3n) is 2.33. The topological polar surface area (TPSA) is 63.4 Å². The number of rotatable bonds is 2. The molecule has 2 rings (SSSR count). The van der Waals surface area contributed by atoms with Crippen molar-refractivity contribution in [3.63, 3.8) is 0 Å². The Labute approximate surface area is 97.2 Å². The number of nitrogens with zero attached hydrogens (tertiary/aromatic N) is 1. The molecule has 6 heteroatoms. The summed E-state index contributed by atoms with van der Waals surface area (Å²) in [5.41, 5.74) is 5.56. The molecule has 0 aromatic heterocycles. The van der Waals surface area contributed by atoms with Crippen LogP contribution in [-0.2, 0) is 10.0 Å². The Morgan fingerprint density at radius 3 is 2.47 bits per heavy atom. The number of hydrogen-bond donors (Lipinski definition) is 1. The molecule has 0 unspecified atom stereocenters. The Kier molecular flexibility index (Phi) is 2.85. The maximum absolute atomic E-state index is 12.0. The Morgan fingerprint density at radius 1 is 1.33 bits per heavy atom. The molecule has 1 aromatic rings. The fourth-order valence-electron chi connectivity index (χ4n) is 1.46. The van der Waals surface area contributed by atoms with E-state index in [1.165, 1.54) is 4.31 Å². The van der Waals surface area contributed by atoms with Gasteiger partial charge in [0.05, 0.1) is 4.90 Å². The van der Waals surface area contributed by atoms with Crippen molar-refractivity contribution in [2.45, 2.75) is 10.9 Å². The van der Waals surface area contributed by atoms with Gasteiger partial charge in [0.15, 0.2) is 0 Å². The molecule has 82 valence electrons. The van der Waals surface area contributed by atoms with E-state index >= 15 is 0 Å². The van der Waals surface area contributed by atoms with Crippen LogP contribution in [0.4, 0.5) is 0 Å². The molecule has 15 heavy (non-hydrogen) atoms. The minimum Gasteiger partial charge on any atom is -0.325 e. The Hall–Kier alpha value is -0.430. The van der Waals surface area contributed by atoms with Gasteiger partial charge in [0.2, 0.25) is 10.0 Å². The van der Waals surface area contributed by atoms with E-state index in [0.717, 1.165) is 0 Å². The molecule has 0 bridgehead atoms. The van der Waals surface area contributed by atoms with Crippen LogP contribution in [0, 0.1) is 0 Å². The SMILES string of the molecule is NC1CN(S(=O)(=O)c2ccccc2Br)C1. The highest BCUT2D eigenvalue weighted by molar-refractivity contribution is 9.10. The first-order valence-corrected chi connectivity index (χ1v) is 6.75. The molecule has 1 saturated heterocycles. The van der Waals surface area contributed by atoms with E-state index in [9.17, 15) is 8.42 Å². The normalized spacial score (nSPS) is 18.8. The number of nitrogens with two attached hydrogens (primary N) is 1. The molecule has 0 radical (unpaired) electrons. The van der Waals surface area contributed by atoms with Crippen molar-refractivity contribution in [3.8, 4) is 0 Å². The van der Waals surface area contributed by atoms with Crippen molar-refractivity contribution < 1.29 is 8.42 Å². The summed E-state index contributed by atoms with van der Waals surface area (Å²) in [4.78, 5) is 0.303. The van der Waals surface area contributed by atoms with E-state index in [0.29, 0.717) is 22.5 Å². The number of benzene rings is 1. The second-order valence-corrected chi connectivity index (χ2v) is 6.27. The van der Waals surface area contributed by atoms with E-state index in [1.807, 2.05) is 0 Å². The molecule has 1 aliphatic heterocycles. The van der Waals surface area contributed by atoms with Crippen LogP contribution in [0.5, 0.6) is 0 Å². The molecule has 2 N–H and O–H groups in total. The Balaban J connectivity index is 2.35. The lowest BCUT2D eigenvalue weighted by Crippen LogP contribution is -2.57. The summed E-state index contributed by atoms with van der Waals surface area (Å²) in [7, 11) is -3.36. The average Bonchev–Trinajstić information content (AvgIpc) is 2.13. The first-order chi connectivity index (χ1) is 7.01. The average molecular weight is 291 g/mol. The third-order valence-corrected chi connectivity index (χ3v) is 5.17. The zero-order chi connectivity index (χ0) is 11.1. The van der Waals surface area contributed by atoms with Crippen molar-refractivity contribution >= 4 is 26.0 Å². The number of halogens is 1. The van der Waals surface area contributed by atoms with Gasteiger partial charge in [-0.25, -0.2) is 8.42 Å². The molecule has 1 heterocycles. The molecule has 0 aliphatic carbocycles. The molecular weight excluding hydrogens is 280 g/mol. The zero-order valence-electron chi connectivity index (χ0n) is 7.93. The van der Waals surface area contributed by atoms with Gasteiger partial charge in [-0.15, -0.1) is 0 Å². The summed E-state index contributed by atoms with van der Waals surface area (Å²) in [5, 5.41) is 0. The summed E-state index contributed by atoms with van der Waals surface area (Å²) >= 11 is 3.23. The van der Waals surface area contributed by atoms with Crippen molar-refractivity contribution in [1.82, 2.24) is 4.31 Å². The van der Waals surface area contributed by atoms with Gasteiger partial charge in [-0.05, 0) is 28.1 Å². The van der Waals surface area contributed by atoms with Crippen LogP contribution in [0.25, 0.3) is 0 Å². The fraction of sp³-hybridized carbons (Fsp3) is 0.333. The lowest BCUT2D eigenvalue weighted by molar-refractivity contribution is 0.265. The van der Waals surface area contributed by atoms with Crippen molar-refractivity contribution in [3.05, 3.63) is 28.7 Å². The molecule has 1 aliphatic rings. The standard InChI is InChI=1S/C9H11BrN2O2S/c10-8-3-1-2-4-9(8)15(13,14)12-5-7(11)6-12/h1-4,7H,5-6,11H2. The van der Waals surface area contributed by atoms with E-state index < -0.39 is 10.0 Å². The molecule has 4 nitrogen and oxygen atoms in total. The summed E-state index contributed by atoms with van der Waals surface area (Å²) in [6.45, 7) is 0.813. The van der Waals surface area contributed by atoms with Gasteiger partial charge < -0.3 is 5.73 Å². The second-order valence-electron chi connectivity index (χ2n) is 3.51. The van der Waals surface area contributed by atoms with Gasteiger partial charge in [0.1, 0.15) is 0 Å². The molecule has 1 fully saturated rings. The lowest BCUT2D eigenvalue weighted by Gasteiger charge is -2.35. The Morgan fingerprint density at radius 2 is 1.93 bits per heavy atom. The molecule has 0 spiro atoms. The second kappa shape index (κ2) is 3.86. The first-order valence-electron chi connectivity index (χ1n) is 4.52. The first kappa shape index (κ1) is 11.1. The maximum atomic E-state index is 12.0. The summed E-state index contributed by atoms with van der Waals surface area (Å²) in [6.07, 6.45) is 0. The van der Waals surface area contributed by atoms with Crippen molar-refractivity contribution in [2.75, 3.05) is 13.1 Å². The monoisotopic (exact) mass is 290 g/mol. The fourth-order valence-corrected chi connectivity index (χ4v) is 3.98. The number of sulfonamides is 1. The lowest BCUT2D eigenvalue weighted by atomic mass is 10.2. The molecule has 0 amide bonds. The van der Waals surface area contributed by atoms with E-state index in [-0.39, 0.29) is 6.04 Å². The van der Waals surface area contributed by atoms with Crippen LogP contribution in [0.1, 0.15) is 0 Å². The van der Waals surface area contributed by atoms with Gasteiger partial charge >= 0.3 is 0 Å². The molecule has 0 saturated carbocycles. The predicted molar refractivity (Wildman–Crippen MR) is 60.9 cm³/mol. The smallest absolute Gasteiger partial charge is 0.244 e. The minimum absolute atomic E-state index is 0.0257. The van der Waals surface area contributed by atoms with Gasteiger partial charge in [0, 0.05) is 23.6 Å². The van der Waals surface area contributed by atoms with Crippen LogP contribution in [0.2, 0.25) is 0 Å². The quantitative estimate of drug-likeness (QED) is 0.876. The van der Waals surface area contributed by atoms with Crippen LogP contribution in [-0.4, -0.2) is 31.9 Å². The van der Waals surface area contributed by atoms with Crippen LogP contribution < -0.4 is 5.73 Å². The van der Waals surface area contributed by atoms with Crippen LogP contribution in [0.3, 0.4) is 0 Å². The molecule has 0 atom stereocenters. The zero-order valence-corrected chi connectivity index (χ0v) is 10.3. The van der Waals surface area contributed by atoms with Gasteiger partial charge in [-0.2, -0.15) is 4.31 Å². The Bertz CT molecular complexity index is 469. The van der Waals surface area contributed by atoms with Crippen molar-refractivity contribution in [1.29, 1.82) is 0 Å². The predicted octanol–water partition coefficient (Wildman–Crippen LogP) is 0.781. The maximum Gasteiger partial charge on any atom is 0.244 e. The number of hydrogen-bond acceptors (Lipinski definition) is 3. The van der Waals surface area contributed by atoms with Gasteiger partial charge in [0.25, 0.3) is 0 Å². The third kappa shape index (κ3) is 1.94. The summed E-state index contributed by atoms with van der Waals surface area (Å²) < 4.78 is 26.0. The van der Waals surface area contributed by atoms with Crippen LogP contribution in [0.15, 0.2) is 33.6 Å². The minimum atomic E-state index is -3.36. The van der Waals surface area contributed by atoms with E-state index in [2.05, 4.69) is 15.9 Å². The van der Waals surface area contributed by atoms with Gasteiger partial charge in [-0.3, -0.25) is 0 Å². The summed E-state index contributed by atoms with van der Waals surface area (Å²) in [5.74, 6) is 0. The molecular formula is C9H11BrN2O2S. The molecule has 1 aromatic carbocycles. The highest BCUT2D eigenvalue weighted by atomic mass is 79.9. The van der Waals surface area contributed by atoms with E-state index in [4.69, 9.17) is 5.73 Å². The summed E-state index contributed by atoms with van der Waals surface area (Å²) in [6, 6.07) is 6.76. The van der Waals surface area contributed by atoms with Crippen LogP contribution >= 0.6 is 15.9 Å². The largest absolute Gasteiger partial charge is 0.325 e. The van der Waals surface area contributed by atoms with Crippen molar-refractivity contribution in [2.24, 2.45) is 5.73 Å².